The third-order valence-corrected chi connectivity index (χ3v) is 6.63. The summed E-state index contributed by atoms with van der Waals surface area (Å²) in [5.74, 6) is 0.488. The van der Waals surface area contributed by atoms with Gasteiger partial charge in [0.15, 0.2) is 5.16 Å². The first-order chi connectivity index (χ1) is 12.4. The van der Waals surface area contributed by atoms with Gasteiger partial charge in [0.1, 0.15) is 4.83 Å². The van der Waals surface area contributed by atoms with Crippen LogP contribution in [0.25, 0.3) is 10.2 Å². The van der Waals surface area contributed by atoms with Gasteiger partial charge in [0.25, 0.3) is 5.56 Å². The Balaban J connectivity index is 1.98. The maximum absolute atomic E-state index is 13.1. The van der Waals surface area contributed by atoms with Crippen LogP contribution in [-0.4, -0.2) is 26.0 Å². The third-order valence-electron chi connectivity index (χ3n) is 4.04. The van der Waals surface area contributed by atoms with Crippen LogP contribution in [0.5, 0.6) is 0 Å². The van der Waals surface area contributed by atoms with E-state index >= 15 is 0 Å². The second kappa shape index (κ2) is 7.94. The van der Waals surface area contributed by atoms with Gasteiger partial charge in [-0.25, -0.2) is 4.98 Å². The molecule has 1 aromatic carbocycles. The van der Waals surface area contributed by atoms with E-state index in [1.807, 2.05) is 24.3 Å². The molecule has 0 aliphatic heterocycles. The first kappa shape index (κ1) is 19.1. The van der Waals surface area contributed by atoms with E-state index in [2.05, 4.69) is 19.1 Å². The van der Waals surface area contributed by atoms with E-state index in [0.717, 1.165) is 17.7 Å². The number of rotatable bonds is 7. The van der Waals surface area contributed by atoms with Crippen molar-refractivity contribution in [3.8, 4) is 0 Å². The largest absolute Gasteiger partial charge is 0.390 e. The zero-order valence-electron chi connectivity index (χ0n) is 15.4. The molecule has 0 aliphatic rings. The maximum atomic E-state index is 13.1. The third kappa shape index (κ3) is 4.55. The van der Waals surface area contributed by atoms with Crippen molar-refractivity contribution in [1.82, 2.24) is 9.55 Å². The van der Waals surface area contributed by atoms with Gasteiger partial charge >= 0.3 is 0 Å². The first-order valence-electron chi connectivity index (χ1n) is 8.80. The van der Waals surface area contributed by atoms with Crippen LogP contribution in [0.15, 0.2) is 46.3 Å². The molecule has 4 nitrogen and oxygen atoms in total. The summed E-state index contributed by atoms with van der Waals surface area (Å²) in [5.41, 5.74) is 0.392. The molecule has 0 unspecified atom stereocenters. The number of aromatic nitrogens is 2. The molecule has 0 bridgehead atoms. The van der Waals surface area contributed by atoms with Gasteiger partial charge in [0.2, 0.25) is 0 Å². The minimum atomic E-state index is -0.814. The van der Waals surface area contributed by atoms with Crippen molar-refractivity contribution in [2.24, 2.45) is 0 Å². The molecular weight excluding hydrogens is 364 g/mol. The molecular formula is C20H24N2O2S2. The highest BCUT2D eigenvalue weighted by atomic mass is 32.2. The number of benzene rings is 1. The van der Waals surface area contributed by atoms with Crippen molar-refractivity contribution in [2.45, 2.75) is 50.9 Å². The summed E-state index contributed by atoms with van der Waals surface area (Å²) in [6.45, 7) is 6.20. The van der Waals surface area contributed by atoms with Crippen molar-refractivity contribution in [3.63, 3.8) is 0 Å². The van der Waals surface area contributed by atoms with Crippen LogP contribution >= 0.6 is 23.1 Å². The lowest BCUT2D eigenvalue weighted by Gasteiger charge is -2.18. The summed E-state index contributed by atoms with van der Waals surface area (Å²) in [5, 5.41) is 11.5. The molecule has 1 N–H and O–H groups in total. The molecule has 0 atom stereocenters. The maximum Gasteiger partial charge on any atom is 0.262 e. The van der Waals surface area contributed by atoms with Gasteiger partial charge in [-0.05, 0) is 38.3 Å². The lowest BCUT2D eigenvalue weighted by molar-refractivity contribution is 0.107. The smallest absolute Gasteiger partial charge is 0.262 e. The van der Waals surface area contributed by atoms with Crippen LogP contribution in [0.1, 0.15) is 31.2 Å². The van der Waals surface area contributed by atoms with Gasteiger partial charge in [-0.15, -0.1) is 11.3 Å². The fourth-order valence-corrected chi connectivity index (χ4v) is 4.64. The van der Waals surface area contributed by atoms with Gasteiger partial charge in [0.05, 0.1) is 11.0 Å². The van der Waals surface area contributed by atoms with Gasteiger partial charge < -0.3 is 5.11 Å². The number of aryl methyl sites for hydroxylation is 2. The van der Waals surface area contributed by atoms with Crippen LogP contribution in [-0.2, 0) is 19.4 Å². The van der Waals surface area contributed by atoms with E-state index in [4.69, 9.17) is 4.98 Å². The molecule has 0 amide bonds. The molecule has 3 rings (SSSR count). The summed E-state index contributed by atoms with van der Waals surface area (Å²) in [6.07, 6.45) is 1.67. The van der Waals surface area contributed by atoms with Gasteiger partial charge in [-0.2, -0.15) is 0 Å². The summed E-state index contributed by atoms with van der Waals surface area (Å²) >= 11 is 3.03. The molecule has 26 heavy (non-hydrogen) atoms. The average molecular weight is 389 g/mol. The second-order valence-electron chi connectivity index (χ2n) is 6.97. The first-order valence-corrected chi connectivity index (χ1v) is 10.6. The minimum Gasteiger partial charge on any atom is -0.390 e. The summed E-state index contributed by atoms with van der Waals surface area (Å²) in [4.78, 5) is 19.8. The van der Waals surface area contributed by atoms with E-state index in [-0.39, 0.29) is 5.56 Å². The highest BCUT2D eigenvalue weighted by Gasteiger charge is 2.18. The quantitative estimate of drug-likeness (QED) is 0.488. The van der Waals surface area contributed by atoms with Gasteiger partial charge in [-0.3, -0.25) is 9.36 Å². The molecule has 0 fully saturated rings. The van der Waals surface area contributed by atoms with Crippen LogP contribution in [0.2, 0.25) is 0 Å². The summed E-state index contributed by atoms with van der Waals surface area (Å²) in [7, 11) is 0. The van der Waals surface area contributed by atoms with Crippen LogP contribution in [0.3, 0.4) is 0 Å². The summed E-state index contributed by atoms with van der Waals surface area (Å²) < 4.78 is 1.76. The Kier molecular flexibility index (Phi) is 5.85. The van der Waals surface area contributed by atoms with Crippen LogP contribution in [0.4, 0.5) is 0 Å². The molecule has 3 aromatic rings. The van der Waals surface area contributed by atoms with E-state index in [9.17, 15) is 9.90 Å². The van der Waals surface area contributed by atoms with Crippen LogP contribution < -0.4 is 5.56 Å². The molecule has 2 heterocycles. The van der Waals surface area contributed by atoms with E-state index in [1.165, 1.54) is 22.2 Å². The average Bonchev–Trinajstić information content (AvgIpc) is 3.03. The van der Waals surface area contributed by atoms with Crippen molar-refractivity contribution in [3.05, 3.63) is 57.2 Å². The number of fused-ring (bicyclic) bond motifs is 1. The lowest BCUT2D eigenvalue weighted by Crippen LogP contribution is -2.26. The molecule has 2 aromatic heterocycles. The second-order valence-corrected chi connectivity index (χ2v) is 9.03. The Hall–Kier alpha value is -1.63. The highest BCUT2D eigenvalue weighted by Crippen LogP contribution is 2.26. The number of aliphatic hydroxyl groups is 1. The fraction of sp³-hybridized carbons (Fsp3) is 0.400. The Labute approximate surface area is 161 Å². The molecule has 0 saturated carbocycles. The zero-order chi connectivity index (χ0) is 18.7. The number of thioether (sulfide) groups is 1. The van der Waals surface area contributed by atoms with Crippen molar-refractivity contribution >= 4 is 33.3 Å². The van der Waals surface area contributed by atoms with E-state index < -0.39 is 5.60 Å². The van der Waals surface area contributed by atoms with Gasteiger partial charge in [0, 0.05) is 17.2 Å². The zero-order valence-corrected chi connectivity index (χ0v) is 17.0. The standard InChI is InChI=1S/C20H24N2O2S2/c1-4-15-12-16-17(26-15)21-19(25-13-20(2,3)24)22(18(16)23)11-10-14-8-6-5-7-9-14/h5-9,12,24H,4,10-11,13H2,1-3H3. The van der Waals surface area contributed by atoms with Gasteiger partial charge in [-0.1, -0.05) is 49.0 Å². The Morgan fingerprint density at radius 3 is 2.65 bits per heavy atom. The minimum absolute atomic E-state index is 0.0140. The lowest BCUT2D eigenvalue weighted by atomic mass is 10.1. The number of thiophene rings is 1. The number of hydrogen-bond acceptors (Lipinski definition) is 5. The normalized spacial score (nSPS) is 12.0. The summed E-state index contributed by atoms with van der Waals surface area (Å²) in [6, 6.07) is 12.1. The fourth-order valence-electron chi connectivity index (χ4n) is 2.66. The van der Waals surface area contributed by atoms with Crippen molar-refractivity contribution < 1.29 is 5.11 Å². The number of nitrogens with zero attached hydrogens (tertiary/aromatic N) is 2. The predicted octanol–water partition coefficient (Wildman–Crippen LogP) is 4.13. The molecule has 0 spiro atoms. The van der Waals surface area contributed by atoms with Crippen molar-refractivity contribution in [2.75, 3.05) is 5.75 Å². The monoisotopic (exact) mass is 388 g/mol. The molecule has 0 saturated heterocycles. The molecule has 6 heteroatoms. The number of hydrogen-bond donors (Lipinski definition) is 1. The molecule has 0 radical (unpaired) electrons. The van der Waals surface area contributed by atoms with E-state index in [1.54, 1.807) is 29.8 Å². The van der Waals surface area contributed by atoms with E-state index in [0.29, 0.717) is 22.8 Å². The Morgan fingerprint density at radius 2 is 2.00 bits per heavy atom. The van der Waals surface area contributed by atoms with Crippen molar-refractivity contribution in [1.29, 1.82) is 0 Å². The highest BCUT2D eigenvalue weighted by molar-refractivity contribution is 7.99. The Bertz CT molecular complexity index is 940. The molecule has 0 aliphatic carbocycles. The SMILES string of the molecule is CCc1cc2c(=O)n(CCc3ccccc3)c(SCC(C)(C)O)nc2s1. The Morgan fingerprint density at radius 1 is 1.27 bits per heavy atom. The predicted molar refractivity (Wildman–Crippen MR) is 110 cm³/mol. The molecule has 138 valence electrons. The topological polar surface area (TPSA) is 55.1 Å². The van der Waals surface area contributed by atoms with Crippen LogP contribution in [0, 0.1) is 0 Å².